The van der Waals surface area contributed by atoms with Gasteiger partial charge in [0.05, 0.1) is 0 Å². The van der Waals surface area contributed by atoms with Crippen LogP contribution in [0.25, 0.3) is 0 Å². The van der Waals surface area contributed by atoms with Crippen LogP contribution in [-0.2, 0) is 19.6 Å². The van der Waals surface area contributed by atoms with Gasteiger partial charge in [-0.05, 0) is 60.8 Å². The minimum atomic E-state index is -2.81. The molecule has 2 aliphatic heterocycles. The molecule has 3 aromatic rings. The molecule has 5 rings (SSSR count). The molecule has 3 aromatic carbocycles. The quantitative estimate of drug-likeness (QED) is 0.476. The Bertz CT molecular complexity index is 1270. The number of fused-ring (bicyclic) bond motifs is 1. The number of nitrogens with zero attached hydrogens (tertiary/aromatic N) is 2. The van der Waals surface area contributed by atoms with E-state index in [2.05, 4.69) is 11.9 Å². The average molecular weight is 509 g/mol. The molecule has 1 N–H and O–H groups in total. The normalized spacial score (nSPS) is 17.6. The predicted molar refractivity (Wildman–Crippen MR) is 135 cm³/mol. The number of ether oxygens (including phenoxy) is 2. The zero-order valence-corrected chi connectivity index (χ0v) is 20.7. The van der Waals surface area contributed by atoms with E-state index in [9.17, 15) is 18.7 Å². The molecule has 1 fully saturated rings. The van der Waals surface area contributed by atoms with E-state index in [0.29, 0.717) is 19.5 Å². The van der Waals surface area contributed by atoms with E-state index in [-0.39, 0.29) is 24.0 Å². The topological polar surface area (TPSA) is 62.2 Å². The van der Waals surface area contributed by atoms with Gasteiger partial charge in [-0.25, -0.2) is 8.78 Å². The molecule has 8 heteroatoms. The van der Waals surface area contributed by atoms with Crippen molar-refractivity contribution in [3.8, 4) is 17.2 Å². The Morgan fingerprint density at radius 2 is 1.89 bits per heavy atom. The van der Waals surface area contributed by atoms with E-state index in [0.717, 1.165) is 54.1 Å². The first-order valence-electron chi connectivity index (χ1n) is 12.5. The molecule has 1 amide bonds. The lowest BCUT2D eigenvalue weighted by atomic mass is 9.98. The molecular weight excluding hydrogens is 478 g/mol. The molecule has 0 aliphatic carbocycles. The summed E-state index contributed by atoms with van der Waals surface area (Å²) >= 11 is 0. The van der Waals surface area contributed by atoms with Crippen LogP contribution in [0.2, 0.25) is 0 Å². The lowest BCUT2D eigenvalue weighted by Crippen LogP contribution is -2.36. The SMILES string of the molecule is CN1CC[C@@H](Oc2ccc3c(c2)CCN(C(=O)c2c(O)cc(C(F)F)cc2OCc2ccccc2)C3)C1. The monoisotopic (exact) mass is 508 g/mol. The molecule has 2 heterocycles. The first-order valence-corrected chi connectivity index (χ1v) is 12.5. The molecule has 0 spiro atoms. The van der Waals surface area contributed by atoms with Crippen LogP contribution >= 0.6 is 0 Å². The van der Waals surface area contributed by atoms with Crippen molar-refractivity contribution in [1.82, 2.24) is 9.80 Å². The van der Waals surface area contributed by atoms with Crippen LogP contribution in [0.15, 0.2) is 60.7 Å². The van der Waals surface area contributed by atoms with E-state index in [1.165, 1.54) is 0 Å². The maximum absolute atomic E-state index is 13.5. The Labute approximate surface area is 215 Å². The fourth-order valence-corrected chi connectivity index (χ4v) is 4.93. The van der Waals surface area contributed by atoms with E-state index in [1.807, 2.05) is 48.5 Å². The van der Waals surface area contributed by atoms with Gasteiger partial charge >= 0.3 is 0 Å². The third-order valence-corrected chi connectivity index (χ3v) is 6.93. The average Bonchev–Trinajstić information content (AvgIpc) is 3.31. The second-order valence-electron chi connectivity index (χ2n) is 9.69. The van der Waals surface area contributed by atoms with E-state index in [1.54, 1.807) is 4.90 Å². The number of likely N-dealkylation sites (N-methyl/N-ethyl adjacent to an activating group) is 1. The molecular formula is C29H30F2N2O4. The van der Waals surface area contributed by atoms with Gasteiger partial charge in [0, 0.05) is 31.7 Å². The van der Waals surface area contributed by atoms with E-state index < -0.39 is 23.6 Å². The van der Waals surface area contributed by atoms with E-state index >= 15 is 0 Å². The number of rotatable bonds is 7. The molecule has 37 heavy (non-hydrogen) atoms. The Kier molecular flexibility index (Phi) is 7.28. The molecule has 0 aromatic heterocycles. The molecule has 2 aliphatic rings. The summed E-state index contributed by atoms with van der Waals surface area (Å²) in [6, 6.07) is 17.2. The number of aromatic hydroxyl groups is 1. The van der Waals surface area contributed by atoms with Crippen molar-refractivity contribution >= 4 is 5.91 Å². The molecule has 0 bridgehead atoms. The summed E-state index contributed by atoms with van der Waals surface area (Å²) in [5.74, 6) is -0.195. The highest BCUT2D eigenvalue weighted by Gasteiger charge is 2.29. The van der Waals surface area contributed by atoms with Gasteiger partial charge in [0.15, 0.2) is 0 Å². The number of amides is 1. The van der Waals surface area contributed by atoms with Gasteiger partial charge in [-0.3, -0.25) is 4.79 Å². The lowest BCUT2D eigenvalue weighted by Gasteiger charge is -2.30. The van der Waals surface area contributed by atoms with Crippen molar-refractivity contribution in [2.45, 2.75) is 38.5 Å². The van der Waals surface area contributed by atoms with Gasteiger partial charge in [-0.15, -0.1) is 0 Å². The highest BCUT2D eigenvalue weighted by molar-refractivity contribution is 6.00. The van der Waals surface area contributed by atoms with Crippen molar-refractivity contribution in [2.75, 3.05) is 26.7 Å². The van der Waals surface area contributed by atoms with Crippen LogP contribution in [-0.4, -0.2) is 53.6 Å². The summed E-state index contributed by atoms with van der Waals surface area (Å²) in [5, 5.41) is 10.6. The van der Waals surface area contributed by atoms with Crippen LogP contribution in [0.4, 0.5) is 8.78 Å². The molecule has 194 valence electrons. The number of carbonyl (C=O) groups excluding carboxylic acids is 1. The van der Waals surface area contributed by atoms with Crippen molar-refractivity contribution in [3.63, 3.8) is 0 Å². The zero-order chi connectivity index (χ0) is 25.9. The molecule has 0 saturated carbocycles. The molecule has 0 radical (unpaired) electrons. The second kappa shape index (κ2) is 10.8. The highest BCUT2D eigenvalue weighted by atomic mass is 19.3. The maximum Gasteiger partial charge on any atom is 0.264 e. The molecule has 1 atom stereocenters. The first-order chi connectivity index (χ1) is 17.9. The van der Waals surface area contributed by atoms with Crippen molar-refractivity contribution in [2.24, 2.45) is 0 Å². The van der Waals surface area contributed by atoms with Crippen LogP contribution in [0.3, 0.4) is 0 Å². The summed E-state index contributed by atoms with van der Waals surface area (Å²) in [6.07, 6.45) is -1.01. The van der Waals surface area contributed by atoms with E-state index in [4.69, 9.17) is 9.47 Å². The van der Waals surface area contributed by atoms with Crippen LogP contribution in [0, 0.1) is 0 Å². The fraction of sp³-hybridized carbons (Fsp3) is 0.345. The maximum atomic E-state index is 13.5. The summed E-state index contributed by atoms with van der Waals surface area (Å²) < 4.78 is 38.8. The number of halogens is 2. The standard InChI is InChI=1S/C29H30F2N2O4/c1-32-11-10-24(17-32)37-23-8-7-21-16-33(12-9-20(21)13-23)29(35)27-25(34)14-22(28(30)31)15-26(27)36-18-19-5-3-2-4-6-19/h2-8,13-15,24,28,34H,9-12,16-18H2,1H3/t24-/m1/s1. The number of phenolic OH excluding ortho intramolecular Hbond substituents is 1. The Hall–Kier alpha value is -3.65. The Balaban J connectivity index is 1.34. The van der Waals surface area contributed by atoms with Gasteiger partial charge < -0.3 is 24.4 Å². The third kappa shape index (κ3) is 5.69. The smallest absolute Gasteiger partial charge is 0.264 e. The van der Waals surface area contributed by atoms with Crippen molar-refractivity contribution < 1.29 is 28.2 Å². The summed E-state index contributed by atoms with van der Waals surface area (Å²) in [4.78, 5) is 17.4. The van der Waals surface area contributed by atoms with Crippen LogP contribution in [0.5, 0.6) is 17.2 Å². The second-order valence-corrected chi connectivity index (χ2v) is 9.69. The van der Waals surface area contributed by atoms with Gasteiger partial charge in [-0.1, -0.05) is 36.4 Å². The predicted octanol–water partition coefficient (Wildman–Crippen LogP) is 5.19. The number of carbonyl (C=O) groups is 1. The molecule has 6 nitrogen and oxygen atoms in total. The lowest BCUT2D eigenvalue weighted by molar-refractivity contribution is 0.0725. The largest absolute Gasteiger partial charge is 0.507 e. The number of likely N-dealkylation sites (tertiary alicyclic amines) is 1. The summed E-state index contributed by atoms with van der Waals surface area (Å²) in [7, 11) is 2.08. The number of hydrogen-bond donors (Lipinski definition) is 1. The summed E-state index contributed by atoms with van der Waals surface area (Å²) in [5.41, 5.74) is 2.42. The van der Waals surface area contributed by atoms with Gasteiger partial charge in [0.25, 0.3) is 12.3 Å². The first kappa shape index (κ1) is 25.0. The number of hydrogen-bond acceptors (Lipinski definition) is 5. The Morgan fingerprint density at radius 1 is 1.08 bits per heavy atom. The van der Waals surface area contributed by atoms with Gasteiger partial charge in [-0.2, -0.15) is 0 Å². The Morgan fingerprint density at radius 3 is 2.62 bits per heavy atom. The fourth-order valence-electron chi connectivity index (χ4n) is 4.93. The zero-order valence-electron chi connectivity index (χ0n) is 20.7. The number of benzene rings is 3. The van der Waals surface area contributed by atoms with Crippen LogP contribution < -0.4 is 9.47 Å². The van der Waals surface area contributed by atoms with Gasteiger partial charge in [0.1, 0.15) is 35.5 Å². The van der Waals surface area contributed by atoms with Gasteiger partial charge in [0.2, 0.25) is 0 Å². The molecule has 1 saturated heterocycles. The number of phenols is 1. The summed E-state index contributed by atoms with van der Waals surface area (Å²) in [6.45, 7) is 2.77. The molecule has 0 unspecified atom stereocenters. The van der Waals surface area contributed by atoms with Crippen molar-refractivity contribution in [1.29, 1.82) is 0 Å². The van der Waals surface area contributed by atoms with Crippen LogP contribution in [0.1, 0.15) is 45.5 Å². The third-order valence-electron chi connectivity index (χ3n) is 6.93. The minimum Gasteiger partial charge on any atom is -0.507 e. The highest BCUT2D eigenvalue weighted by Crippen LogP contribution is 2.36. The number of alkyl halides is 2. The minimum absolute atomic E-state index is 0.0553. The van der Waals surface area contributed by atoms with Crippen molar-refractivity contribution in [3.05, 3.63) is 88.5 Å².